The summed E-state index contributed by atoms with van der Waals surface area (Å²) in [5.74, 6) is 4.95. The van der Waals surface area contributed by atoms with Crippen LogP contribution in [-0.2, 0) is 0 Å². The highest BCUT2D eigenvalue weighted by Crippen LogP contribution is 2.16. The maximum absolute atomic E-state index is 13.2. The first-order chi connectivity index (χ1) is 10.2. The van der Waals surface area contributed by atoms with E-state index in [9.17, 15) is 8.78 Å². The molecule has 1 aromatic carbocycles. The number of hydrogen-bond acceptors (Lipinski definition) is 1. The molecule has 0 unspecified atom stereocenters. The Hall–Kier alpha value is -1.92. The Morgan fingerprint density at radius 1 is 1.23 bits per heavy atom. The van der Waals surface area contributed by atoms with Crippen LogP contribution in [0.5, 0.6) is 0 Å². The van der Waals surface area contributed by atoms with Gasteiger partial charge in [0, 0.05) is 24.6 Å². The van der Waals surface area contributed by atoms with E-state index in [1.165, 1.54) is 12.1 Å². The molecule has 1 rings (SSSR count). The molecule has 0 aliphatic rings. The lowest BCUT2D eigenvalue weighted by molar-refractivity contribution is 0.418. The van der Waals surface area contributed by atoms with Gasteiger partial charge < -0.3 is 0 Å². The molecular formula is C19H23F2N. The van der Waals surface area contributed by atoms with Gasteiger partial charge in [-0.1, -0.05) is 24.5 Å². The molecule has 0 saturated heterocycles. The summed E-state index contributed by atoms with van der Waals surface area (Å²) in [6.07, 6.45) is 3.78. The fourth-order valence-corrected chi connectivity index (χ4v) is 1.79. The van der Waals surface area contributed by atoms with Gasteiger partial charge in [-0.05, 0) is 57.2 Å². The second-order valence-electron chi connectivity index (χ2n) is 6.38. The highest BCUT2D eigenvalue weighted by Gasteiger charge is 2.06. The number of benzene rings is 1. The Morgan fingerprint density at radius 2 is 1.82 bits per heavy atom. The van der Waals surface area contributed by atoms with Crippen molar-refractivity contribution in [1.29, 1.82) is 0 Å². The van der Waals surface area contributed by atoms with E-state index in [1.807, 2.05) is 24.1 Å². The Bertz CT molecular complexity index is 592. The van der Waals surface area contributed by atoms with E-state index in [0.717, 1.165) is 6.07 Å². The van der Waals surface area contributed by atoms with Crippen molar-refractivity contribution in [1.82, 2.24) is 4.90 Å². The minimum Gasteiger partial charge on any atom is -0.298 e. The average molecular weight is 303 g/mol. The fraction of sp³-hybridized carbons (Fsp3) is 0.368. The van der Waals surface area contributed by atoms with E-state index in [4.69, 9.17) is 0 Å². The van der Waals surface area contributed by atoms with Crippen LogP contribution in [0.3, 0.4) is 0 Å². The zero-order chi connectivity index (χ0) is 16.8. The minimum absolute atomic E-state index is 0.00795. The first-order valence-corrected chi connectivity index (χ1v) is 7.18. The summed E-state index contributed by atoms with van der Waals surface area (Å²) in [5.41, 5.74) is 1.15. The standard InChI is InChI=1S/C19H23F2N/c1-15(16-11-17(20)13-18(21)12-16)14-22(5)10-8-6-7-9-19(2,3)4/h6,8,11-13H,1,10,14H2,2-5H3/b8-6+. The van der Waals surface area contributed by atoms with Crippen LogP contribution in [0.4, 0.5) is 8.78 Å². The van der Waals surface area contributed by atoms with Gasteiger partial charge in [-0.2, -0.15) is 0 Å². The molecule has 0 heterocycles. The largest absolute Gasteiger partial charge is 0.298 e. The summed E-state index contributed by atoms with van der Waals surface area (Å²) in [4.78, 5) is 2.00. The van der Waals surface area contributed by atoms with E-state index in [0.29, 0.717) is 24.2 Å². The number of rotatable bonds is 5. The predicted octanol–water partition coefficient (Wildman–Crippen LogP) is 4.52. The number of halogens is 2. The highest BCUT2D eigenvalue weighted by molar-refractivity contribution is 5.64. The topological polar surface area (TPSA) is 3.24 Å². The van der Waals surface area contributed by atoms with Crippen molar-refractivity contribution < 1.29 is 8.78 Å². The van der Waals surface area contributed by atoms with Gasteiger partial charge in [-0.3, -0.25) is 4.90 Å². The number of allylic oxidation sites excluding steroid dienone is 1. The number of hydrogen-bond donors (Lipinski definition) is 0. The molecule has 1 nitrogen and oxygen atoms in total. The lowest BCUT2D eigenvalue weighted by Gasteiger charge is -2.16. The van der Waals surface area contributed by atoms with Crippen LogP contribution >= 0.6 is 0 Å². The van der Waals surface area contributed by atoms with Crippen molar-refractivity contribution in [3.05, 3.63) is 54.1 Å². The van der Waals surface area contributed by atoms with Gasteiger partial charge in [-0.15, -0.1) is 0 Å². The molecule has 22 heavy (non-hydrogen) atoms. The fourth-order valence-electron chi connectivity index (χ4n) is 1.79. The van der Waals surface area contributed by atoms with Gasteiger partial charge >= 0.3 is 0 Å². The van der Waals surface area contributed by atoms with Crippen molar-refractivity contribution in [3.8, 4) is 11.8 Å². The highest BCUT2D eigenvalue weighted by atomic mass is 19.1. The molecule has 0 aliphatic carbocycles. The molecule has 3 heteroatoms. The molecule has 0 fully saturated rings. The molecule has 0 spiro atoms. The average Bonchev–Trinajstić information content (AvgIpc) is 2.35. The van der Waals surface area contributed by atoms with Gasteiger partial charge in [0.1, 0.15) is 11.6 Å². The molecule has 0 amide bonds. The number of likely N-dealkylation sites (N-methyl/N-ethyl adjacent to an activating group) is 1. The summed E-state index contributed by atoms with van der Waals surface area (Å²) >= 11 is 0. The summed E-state index contributed by atoms with van der Waals surface area (Å²) in [5, 5.41) is 0. The zero-order valence-electron chi connectivity index (χ0n) is 13.7. The first kappa shape index (κ1) is 18.1. The molecule has 0 bridgehead atoms. The van der Waals surface area contributed by atoms with Crippen LogP contribution in [0.15, 0.2) is 36.9 Å². The van der Waals surface area contributed by atoms with Crippen LogP contribution in [0, 0.1) is 28.9 Å². The lowest BCUT2D eigenvalue weighted by Crippen LogP contribution is -2.20. The summed E-state index contributed by atoms with van der Waals surface area (Å²) in [6, 6.07) is 3.45. The van der Waals surface area contributed by atoms with Crippen LogP contribution in [0.2, 0.25) is 0 Å². The second kappa shape index (κ2) is 7.91. The van der Waals surface area contributed by atoms with Crippen molar-refractivity contribution in [2.75, 3.05) is 20.1 Å². The van der Waals surface area contributed by atoms with E-state index in [2.05, 4.69) is 39.2 Å². The molecule has 0 atom stereocenters. The van der Waals surface area contributed by atoms with Gasteiger partial charge in [0.2, 0.25) is 0 Å². The molecule has 118 valence electrons. The maximum Gasteiger partial charge on any atom is 0.126 e. The summed E-state index contributed by atoms with van der Waals surface area (Å²) in [7, 11) is 1.92. The molecule has 0 radical (unpaired) electrons. The monoisotopic (exact) mass is 303 g/mol. The van der Waals surface area contributed by atoms with Crippen LogP contribution in [0.1, 0.15) is 26.3 Å². The van der Waals surface area contributed by atoms with E-state index < -0.39 is 11.6 Å². The van der Waals surface area contributed by atoms with Gasteiger partial charge in [0.25, 0.3) is 0 Å². The quantitative estimate of drug-likeness (QED) is 0.723. The van der Waals surface area contributed by atoms with Crippen LogP contribution in [0.25, 0.3) is 5.57 Å². The Balaban J connectivity index is 2.54. The van der Waals surface area contributed by atoms with Crippen LogP contribution in [-0.4, -0.2) is 25.0 Å². The normalized spacial score (nSPS) is 11.6. The lowest BCUT2D eigenvalue weighted by atomic mass is 9.98. The van der Waals surface area contributed by atoms with Crippen molar-refractivity contribution in [2.45, 2.75) is 20.8 Å². The molecule has 0 aromatic heterocycles. The summed E-state index contributed by atoms with van der Waals surface area (Å²) < 4.78 is 26.4. The summed E-state index contributed by atoms with van der Waals surface area (Å²) in [6.45, 7) is 11.3. The Morgan fingerprint density at radius 3 is 2.36 bits per heavy atom. The molecule has 0 aliphatic heterocycles. The van der Waals surface area contributed by atoms with Crippen molar-refractivity contribution in [2.24, 2.45) is 5.41 Å². The Labute approximate surface area is 132 Å². The van der Waals surface area contributed by atoms with E-state index in [-0.39, 0.29) is 5.41 Å². The minimum atomic E-state index is -0.587. The third kappa shape index (κ3) is 7.19. The Kier molecular flexibility index (Phi) is 6.52. The van der Waals surface area contributed by atoms with E-state index in [1.54, 1.807) is 0 Å². The third-order valence-corrected chi connectivity index (χ3v) is 2.80. The molecule has 0 N–H and O–H groups in total. The SMILES string of the molecule is C=C(CN(C)C/C=C/C#CC(C)(C)C)c1cc(F)cc(F)c1. The smallest absolute Gasteiger partial charge is 0.126 e. The zero-order valence-corrected chi connectivity index (χ0v) is 13.7. The van der Waals surface area contributed by atoms with E-state index >= 15 is 0 Å². The van der Waals surface area contributed by atoms with Crippen molar-refractivity contribution in [3.63, 3.8) is 0 Å². The van der Waals surface area contributed by atoms with Gasteiger partial charge in [0.15, 0.2) is 0 Å². The van der Waals surface area contributed by atoms with Crippen molar-refractivity contribution >= 4 is 5.57 Å². The molecule has 0 saturated carbocycles. The number of nitrogens with zero attached hydrogens (tertiary/aromatic N) is 1. The third-order valence-electron chi connectivity index (χ3n) is 2.80. The van der Waals surface area contributed by atoms with Crippen LogP contribution < -0.4 is 0 Å². The first-order valence-electron chi connectivity index (χ1n) is 7.18. The maximum atomic E-state index is 13.2. The second-order valence-corrected chi connectivity index (χ2v) is 6.38. The molecule has 1 aromatic rings. The van der Waals surface area contributed by atoms with Gasteiger partial charge in [0.05, 0.1) is 0 Å². The predicted molar refractivity (Wildman–Crippen MR) is 89.3 cm³/mol. The molecular weight excluding hydrogens is 280 g/mol. The van der Waals surface area contributed by atoms with Gasteiger partial charge in [-0.25, -0.2) is 8.78 Å².